The molecule has 1 atom stereocenters. The van der Waals surface area contributed by atoms with Crippen LogP contribution in [0.1, 0.15) is 17.7 Å². The molecular formula is C12H14BrNO2S. The van der Waals surface area contributed by atoms with Crippen molar-refractivity contribution in [3.63, 3.8) is 0 Å². The zero-order chi connectivity index (χ0) is 12.3. The van der Waals surface area contributed by atoms with Crippen LogP contribution in [0, 0.1) is 0 Å². The summed E-state index contributed by atoms with van der Waals surface area (Å²) in [5.74, 6) is -0.00827. The molecule has 5 heteroatoms. The van der Waals surface area contributed by atoms with Crippen LogP contribution in [0.5, 0.6) is 0 Å². The Hall–Kier alpha value is -0.650. The zero-order valence-corrected chi connectivity index (χ0v) is 11.7. The fourth-order valence-electron chi connectivity index (χ4n) is 1.98. The number of carbonyl (C=O) groups is 1. The van der Waals surface area contributed by atoms with Crippen LogP contribution in [-0.4, -0.2) is 35.1 Å². The molecule has 1 aromatic rings. The second-order valence-corrected chi connectivity index (χ2v) is 6.48. The Morgan fingerprint density at radius 1 is 1.65 bits per heavy atom. The number of hydrogen-bond donors (Lipinski definition) is 1. The Labute approximate surface area is 113 Å². The first-order valence-corrected chi connectivity index (χ1v) is 7.16. The predicted octanol–water partition coefficient (Wildman–Crippen LogP) is 2.51. The number of likely N-dealkylation sites (tertiary alicyclic amines) is 1. The molecule has 1 aliphatic heterocycles. The molecule has 1 fully saturated rings. The molecule has 1 aromatic heterocycles. The summed E-state index contributed by atoms with van der Waals surface area (Å²) in [6.45, 7) is 0.812. The number of thiophene rings is 1. The topological polar surface area (TPSA) is 40.5 Å². The Morgan fingerprint density at radius 3 is 3.12 bits per heavy atom. The van der Waals surface area contributed by atoms with E-state index >= 15 is 0 Å². The van der Waals surface area contributed by atoms with E-state index in [-0.39, 0.29) is 18.6 Å². The molecule has 2 rings (SSSR count). The summed E-state index contributed by atoms with van der Waals surface area (Å²) >= 11 is 4.97. The monoisotopic (exact) mass is 315 g/mol. The average Bonchev–Trinajstić information content (AvgIpc) is 2.94. The Kier molecular flexibility index (Phi) is 4.36. The average molecular weight is 316 g/mol. The number of aliphatic hydroxyl groups is 1. The summed E-state index contributed by atoms with van der Waals surface area (Å²) in [4.78, 5) is 14.7. The molecule has 1 aliphatic rings. The van der Waals surface area contributed by atoms with Gasteiger partial charge in [-0.15, -0.1) is 11.3 Å². The summed E-state index contributed by atoms with van der Waals surface area (Å²) in [6.07, 6.45) is 5.30. The Bertz CT molecular complexity index is 430. The number of carbonyl (C=O) groups excluding carboxylic acids is 1. The smallest absolute Gasteiger partial charge is 0.246 e. The summed E-state index contributed by atoms with van der Waals surface area (Å²) < 4.78 is 1.05. The highest BCUT2D eigenvalue weighted by Crippen LogP contribution is 2.23. The van der Waals surface area contributed by atoms with Crippen molar-refractivity contribution < 1.29 is 9.90 Å². The van der Waals surface area contributed by atoms with Crippen LogP contribution in [0.2, 0.25) is 0 Å². The van der Waals surface area contributed by atoms with Crippen molar-refractivity contribution in [3.8, 4) is 0 Å². The first-order chi connectivity index (χ1) is 8.20. The molecule has 2 heterocycles. The minimum Gasteiger partial charge on any atom is -0.394 e. The van der Waals surface area contributed by atoms with Gasteiger partial charge in [-0.25, -0.2) is 0 Å². The van der Waals surface area contributed by atoms with Crippen LogP contribution in [-0.2, 0) is 4.79 Å². The third-order valence-corrected chi connectivity index (χ3v) is 4.44. The van der Waals surface area contributed by atoms with Crippen molar-refractivity contribution in [2.75, 3.05) is 13.2 Å². The van der Waals surface area contributed by atoms with Crippen LogP contribution in [0.25, 0.3) is 6.08 Å². The lowest BCUT2D eigenvalue weighted by Gasteiger charge is -2.21. The van der Waals surface area contributed by atoms with E-state index in [9.17, 15) is 4.79 Å². The van der Waals surface area contributed by atoms with Crippen molar-refractivity contribution in [2.24, 2.45) is 0 Å². The van der Waals surface area contributed by atoms with Crippen LogP contribution in [0.4, 0.5) is 0 Å². The molecule has 0 bridgehead atoms. The van der Waals surface area contributed by atoms with E-state index in [0.717, 1.165) is 28.0 Å². The van der Waals surface area contributed by atoms with Crippen LogP contribution in [0.3, 0.4) is 0 Å². The highest BCUT2D eigenvalue weighted by molar-refractivity contribution is 9.11. The van der Waals surface area contributed by atoms with Gasteiger partial charge in [0.25, 0.3) is 0 Å². The summed E-state index contributed by atoms with van der Waals surface area (Å²) in [6, 6.07) is 3.93. The maximum absolute atomic E-state index is 11.9. The fourth-order valence-corrected chi connectivity index (χ4v) is 3.31. The molecule has 1 saturated heterocycles. The second-order valence-electron chi connectivity index (χ2n) is 3.99. The maximum Gasteiger partial charge on any atom is 0.246 e. The van der Waals surface area contributed by atoms with Gasteiger partial charge in [-0.1, -0.05) is 0 Å². The van der Waals surface area contributed by atoms with Gasteiger partial charge in [0.1, 0.15) is 0 Å². The van der Waals surface area contributed by atoms with E-state index in [4.69, 9.17) is 5.11 Å². The Morgan fingerprint density at radius 2 is 2.47 bits per heavy atom. The molecule has 1 N–H and O–H groups in total. The number of amides is 1. The van der Waals surface area contributed by atoms with E-state index in [2.05, 4.69) is 15.9 Å². The van der Waals surface area contributed by atoms with Gasteiger partial charge in [0.15, 0.2) is 0 Å². The molecule has 0 radical (unpaired) electrons. The van der Waals surface area contributed by atoms with Gasteiger partial charge < -0.3 is 10.0 Å². The summed E-state index contributed by atoms with van der Waals surface area (Å²) in [5, 5.41) is 9.15. The molecule has 0 saturated carbocycles. The Balaban J connectivity index is 1.99. The number of aliphatic hydroxyl groups excluding tert-OH is 1. The molecular weight excluding hydrogens is 302 g/mol. The minimum absolute atomic E-state index is 0.00206. The lowest BCUT2D eigenvalue weighted by Crippen LogP contribution is -2.36. The van der Waals surface area contributed by atoms with Gasteiger partial charge in [-0.2, -0.15) is 0 Å². The highest BCUT2D eigenvalue weighted by atomic mass is 79.9. The molecule has 3 nitrogen and oxygen atoms in total. The van der Waals surface area contributed by atoms with Gasteiger partial charge in [0, 0.05) is 17.5 Å². The molecule has 0 spiro atoms. The molecule has 92 valence electrons. The van der Waals surface area contributed by atoms with Crippen LogP contribution >= 0.6 is 27.3 Å². The molecule has 0 aliphatic carbocycles. The van der Waals surface area contributed by atoms with Gasteiger partial charge in [-0.3, -0.25) is 4.79 Å². The largest absolute Gasteiger partial charge is 0.394 e. The van der Waals surface area contributed by atoms with Crippen molar-refractivity contribution in [3.05, 3.63) is 26.9 Å². The normalized spacial score (nSPS) is 20.4. The zero-order valence-electron chi connectivity index (χ0n) is 9.30. The van der Waals surface area contributed by atoms with Gasteiger partial charge in [0.2, 0.25) is 5.91 Å². The first-order valence-electron chi connectivity index (χ1n) is 5.55. The number of nitrogens with zero attached hydrogens (tertiary/aromatic N) is 1. The third-order valence-electron chi connectivity index (χ3n) is 2.86. The molecule has 1 unspecified atom stereocenters. The van der Waals surface area contributed by atoms with E-state index in [0.29, 0.717) is 0 Å². The standard InChI is InChI=1S/C12H14BrNO2S/c13-11-5-3-10(17-11)4-6-12(16)14-7-1-2-9(14)8-15/h3-6,9,15H,1-2,7-8H2/b6-4+. The number of hydrogen-bond acceptors (Lipinski definition) is 3. The van der Waals surface area contributed by atoms with Gasteiger partial charge in [0.05, 0.1) is 16.4 Å². The van der Waals surface area contributed by atoms with Gasteiger partial charge in [-0.05, 0) is 47.0 Å². The highest BCUT2D eigenvalue weighted by Gasteiger charge is 2.26. The lowest BCUT2D eigenvalue weighted by atomic mass is 10.2. The molecule has 1 amide bonds. The minimum atomic E-state index is -0.00827. The van der Waals surface area contributed by atoms with Crippen LogP contribution in [0.15, 0.2) is 22.0 Å². The first kappa shape index (κ1) is 12.8. The third kappa shape index (κ3) is 3.18. The van der Waals surface area contributed by atoms with Crippen molar-refractivity contribution >= 4 is 39.2 Å². The second kappa shape index (κ2) is 5.80. The number of halogens is 1. The SMILES string of the molecule is O=C(/C=C/c1ccc(Br)s1)N1CCCC1CO. The van der Waals surface area contributed by atoms with E-state index < -0.39 is 0 Å². The van der Waals surface area contributed by atoms with E-state index in [1.807, 2.05) is 18.2 Å². The van der Waals surface area contributed by atoms with Crippen molar-refractivity contribution in [1.29, 1.82) is 0 Å². The van der Waals surface area contributed by atoms with Crippen molar-refractivity contribution in [1.82, 2.24) is 4.90 Å². The van der Waals surface area contributed by atoms with E-state index in [1.54, 1.807) is 22.3 Å². The molecule has 17 heavy (non-hydrogen) atoms. The maximum atomic E-state index is 11.9. The molecule has 0 aromatic carbocycles. The number of rotatable bonds is 3. The summed E-state index contributed by atoms with van der Waals surface area (Å²) in [7, 11) is 0. The lowest BCUT2D eigenvalue weighted by molar-refractivity contribution is -0.127. The fraction of sp³-hybridized carbons (Fsp3) is 0.417. The van der Waals surface area contributed by atoms with Crippen LogP contribution < -0.4 is 0 Å². The van der Waals surface area contributed by atoms with Gasteiger partial charge >= 0.3 is 0 Å². The van der Waals surface area contributed by atoms with Crippen molar-refractivity contribution in [2.45, 2.75) is 18.9 Å². The predicted molar refractivity (Wildman–Crippen MR) is 72.9 cm³/mol. The van der Waals surface area contributed by atoms with E-state index in [1.165, 1.54) is 0 Å². The quantitative estimate of drug-likeness (QED) is 0.871. The summed E-state index contributed by atoms with van der Waals surface area (Å²) in [5.41, 5.74) is 0.